The smallest absolute Gasteiger partial charge is 0.109 e. The second kappa shape index (κ2) is 5.02. The lowest BCUT2D eigenvalue weighted by Gasteiger charge is -2.00. The normalized spacial score (nSPS) is 11.3. The predicted molar refractivity (Wildman–Crippen MR) is 93.5 cm³/mol. The summed E-state index contributed by atoms with van der Waals surface area (Å²) in [6.45, 7) is 4.06. The number of nitrogens with zero attached hydrogens (tertiary/aromatic N) is 2. The van der Waals surface area contributed by atoms with Gasteiger partial charge in [-0.25, -0.2) is 9.97 Å². The fourth-order valence-electron chi connectivity index (χ4n) is 2.27. The molecule has 0 saturated heterocycles. The first-order valence-electron chi connectivity index (χ1n) is 6.59. The first-order chi connectivity index (χ1) is 10.2. The number of fused-ring (bicyclic) bond motifs is 1. The molecule has 0 atom stereocenters. The molecule has 0 aliphatic rings. The molecule has 0 spiro atoms. The molecule has 5 heteroatoms. The van der Waals surface area contributed by atoms with Gasteiger partial charge in [0.15, 0.2) is 0 Å². The second-order valence-electron chi connectivity index (χ2n) is 4.81. The van der Waals surface area contributed by atoms with Gasteiger partial charge in [-0.05, 0) is 36.7 Å². The predicted octanol–water partition coefficient (Wildman–Crippen LogP) is 5.77. The monoisotopic (exact) mass is 328 g/mol. The number of thiophene rings is 3. The molecule has 2 nitrogen and oxygen atoms in total. The van der Waals surface area contributed by atoms with Crippen molar-refractivity contribution >= 4 is 45.0 Å². The van der Waals surface area contributed by atoms with Crippen molar-refractivity contribution in [2.45, 2.75) is 13.8 Å². The molecular formula is C16H12N2S3. The molecule has 0 aliphatic heterocycles. The Morgan fingerprint density at radius 2 is 1.24 bits per heavy atom. The summed E-state index contributed by atoms with van der Waals surface area (Å²) >= 11 is 5.32. The van der Waals surface area contributed by atoms with Crippen LogP contribution in [0.25, 0.3) is 30.5 Å². The summed E-state index contributed by atoms with van der Waals surface area (Å²) in [6.07, 6.45) is 0. The van der Waals surface area contributed by atoms with Gasteiger partial charge in [0.1, 0.15) is 11.0 Å². The van der Waals surface area contributed by atoms with Crippen molar-refractivity contribution in [1.82, 2.24) is 9.97 Å². The molecule has 0 saturated carbocycles. The standard InChI is InChI=1S/C16H12N2S3/c1-9-10(2)18-14-13(17-9)15(11-5-3-7-19-11)21-16(14)12-6-4-8-20-12/h3-8H,1-2H3. The van der Waals surface area contributed by atoms with E-state index in [0.717, 1.165) is 22.4 Å². The third kappa shape index (κ3) is 2.12. The number of hydrogen-bond donors (Lipinski definition) is 0. The first-order valence-corrected chi connectivity index (χ1v) is 9.17. The highest BCUT2D eigenvalue weighted by Crippen LogP contribution is 2.45. The Morgan fingerprint density at radius 3 is 1.62 bits per heavy atom. The molecule has 4 heterocycles. The quantitative estimate of drug-likeness (QED) is 0.467. The Balaban J connectivity index is 2.09. The minimum Gasteiger partial charge on any atom is -0.248 e. The number of aryl methyl sites for hydroxylation is 2. The molecule has 0 radical (unpaired) electrons. The fourth-order valence-corrected chi connectivity index (χ4v) is 5.16. The van der Waals surface area contributed by atoms with E-state index in [1.807, 2.05) is 13.8 Å². The average molecular weight is 328 g/mol. The third-order valence-corrected chi connectivity index (χ3v) is 6.70. The van der Waals surface area contributed by atoms with Gasteiger partial charge < -0.3 is 0 Å². The van der Waals surface area contributed by atoms with Gasteiger partial charge in [-0.1, -0.05) is 12.1 Å². The second-order valence-corrected chi connectivity index (χ2v) is 7.72. The van der Waals surface area contributed by atoms with E-state index >= 15 is 0 Å². The van der Waals surface area contributed by atoms with Crippen LogP contribution in [0.2, 0.25) is 0 Å². The van der Waals surface area contributed by atoms with Crippen LogP contribution in [0.5, 0.6) is 0 Å². The van der Waals surface area contributed by atoms with E-state index in [1.54, 1.807) is 34.0 Å². The highest BCUT2D eigenvalue weighted by Gasteiger charge is 2.19. The maximum absolute atomic E-state index is 4.82. The number of rotatable bonds is 2. The summed E-state index contributed by atoms with van der Waals surface area (Å²) in [7, 11) is 0. The van der Waals surface area contributed by atoms with Gasteiger partial charge in [0.05, 0.1) is 21.1 Å². The molecule has 0 unspecified atom stereocenters. The van der Waals surface area contributed by atoms with E-state index in [9.17, 15) is 0 Å². The molecule has 4 rings (SSSR count). The van der Waals surface area contributed by atoms with E-state index in [0.29, 0.717) is 0 Å². The highest BCUT2D eigenvalue weighted by atomic mass is 32.1. The van der Waals surface area contributed by atoms with E-state index in [1.165, 1.54) is 19.5 Å². The van der Waals surface area contributed by atoms with Gasteiger partial charge in [-0.3, -0.25) is 0 Å². The van der Waals surface area contributed by atoms with Crippen LogP contribution >= 0.6 is 34.0 Å². The van der Waals surface area contributed by atoms with Gasteiger partial charge in [0, 0.05) is 9.75 Å². The summed E-state index contributed by atoms with van der Waals surface area (Å²) < 4.78 is 0. The highest BCUT2D eigenvalue weighted by molar-refractivity contribution is 7.27. The van der Waals surface area contributed by atoms with Crippen LogP contribution in [0, 0.1) is 13.8 Å². The molecule has 0 N–H and O–H groups in total. The van der Waals surface area contributed by atoms with Crippen molar-refractivity contribution in [3.05, 3.63) is 46.4 Å². The van der Waals surface area contributed by atoms with Gasteiger partial charge in [0.25, 0.3) is 0 Å². The lowest BCUT2D eigenvalue weighted by atomic mass is 10.2. The van der Waals surface area contributed by atoms with Crippen molar-refractivity contribution in [3.8, 4) is 19.5 Å². The fraction of sp³-hybridized carbons (Fsp3) is 0.125. The molecule has 4 aromatic heterocycles. The minimum absolute atomic E-state index is 1.01. The molecule has 21 heavy (non-hydrogen) atoms. The maximum Gasteiger partial charge on any atom is 0.109 e. The van der Waals surface area contributed by atoms with Crippen LogP contribution in [-0.4, -0.2) is 9.97 Å². The van der Waals surface area contributed by atoms with Crippen molar-refractivity contribution in [1.29, 1.82) is 0 Å². The Kier molecular flexibility index (Phi) is 3.14. The molecule has 0 bridgehead atoms. The Bertz CT molecular complexity index is 829. The largest absolute Gasteiger partial charge is 0.248 e. The van der Waals surface area contributed by atoms with E-state index < -0.39 is 0 Å². The zero-order valence-corrected chi connectivity index (χ0v) is 14.0. The topological polar surface area (TPSA) is 25.8 Å². The summed E-state index contributed by atoms with van der Waals surface area (Å²) in [6, 6.07) is 8.49. The molecule has 4 aromatic rings. The van der Waals surface area contributed by atoms with E-state index in [-0.39, 0.29) is 0 Å². The van der Waals surface area contributed by atoms with Crippen molar-refractivity contribution in [2.24, 2.45) is 0 Å². The summed E-state index contributed by atoms with van der Waals surface area (Å²) in [5.74, 6) is 0. The van der Waals surface area contributed by atoms with Gasteiger partial charge >= 0.3 is 0 Å². The van der Waals surface area contributed by atoms with Gasteiger partial charge in [-0.15, -0.1) is 34.0 Å². The van der Waals surface area contributed by atoms with Crippen molar-refractivity contribution in [2.75, 3.05) is 0 Å². The third-order valence-electron chi connectivity index (χ3n) is 3.43. The molecule has 0 fully saturated rings. The summed E-state index contributed by atoms with van der Waals surface area (Å²) in [4.78, 5) is 14.6. The summed E-state index contributed by atoms with van der Waals surface area (Å²) in [5, 5.41) is 4.22. The van der Waals surface area contributed by atoms with Crippen molar-refractivity contribution < 1.29 is 0 Å². The molecule has 0 aromatic carbocycles. The number of aromatic nitrogens is 2. The lowest BCUT2D eigenvalue weighted by Crippen LogP contribution is -1.92. The van der Waals surface area contributed by atoms with Gasteiger partial charge in [-0.2, -0.15) is 0 Å². The number of hydrogen-bond acceptors (Lipinski definition) is 5. The zero-order chi connectivity index (χ0) is 14.4. The summed E-state index contributed by atoms with van der Waals surface area (Å²) in [5.41, 5.74) is 4.09. The van der Waals surface area contributed by atoms with E-state index in [2.05, 4.69) is 35.0 Å². The lowest BCUT2D eigenvalue weighted by molar-refractivity contribution is 1.11. The van der Waals surface area contributed by atoms with Crippen LogP contribution in [0.15, 0.2) is 35.0 Å². The Hall–Kier alpha value is -1.56. The maximum atomic E-state index is 4.82. The molecule has 0 amide bonds. The van der Waals surface area contributed by atoms with Crippen LogP contribution in [0.4, 0.5) is 0 Å². The molecule has 0 aliphatic carbocycles. The SMILES string of the molecule is Cc1nc2c(-c3cccs3)sc(-c3cccs3)c2nc1C. The van der Waals surface area contributed by atoms with Crippen molar-refractivity contribution in [3.63, 3.8) is 0 Å². The van der Waals surface area contributed by atoms with Crippen LogP contribution in [0.1, 0.15) is 11.4 Å². The van der Waals surface area contributed by atoms with E-state index in [4.69, 9.17) is 9.97 Å². The first kappa shape index (κ1) is 13.1. The Labute approximate surface area is 134 Å². The molecule has 104 valence electrons. The zero-order valence-electron chi connectivity index (χ0n) is 11.6. The Morgan fingerprint density at radius 1 is 0.762 bits per heavy atom. The minimum atomic E-state index is 1.01. The molecular weight excluding hydrogens is 316 g/mol. The average Bonchev–Trinajstić information content (AvgIpc) is 3.18. The van der Waals surface area contributed by atoms with Crippen LogP contribution in [-0.2, 0) is 0 Å². The van der Waals surface area contributed by atoms with Gasteiger partial charge in [0.2, 0.25) is 0 Å². The van der Waals surface area contributed by atoms with Crippen LogP contribution < -0.4 is 0 Å². The van der Waals surface area contributed by atoms with Crippen LogP contribution in [0.3, 0.4) is 0 Å².